The molecule has 0 aromatic heterocycles. The van der Waals surface area contributed by atoms with Crippen molar-refractivity contribution in [1.29, 1.82) is 0 Å². The molecule has 1 aliphatic rings. The van der Waals surface area contributed by atoms with E-state index in [9.17, 15) is 14.4 Å². The molecule has 1 heterocycles. The Labute approximate surface area is 184 Å². The second-order valence-electron chi connectivity index (χ2n) is 7.50. The largest absolute Gasteiger partial charge is 0.455 e. The summed E-state index contributed by atoms with van der Waals surface area (Å²) in [6, 6.07) is 11.5. The molecule has 2 amide bonds. The summed E-state index contributed by atoms with van der Waals surface area (Å²) in [7, 11) is 0. The molecule has 158 valence electrons. The van der Waals surface area contributed by atoms with Gasteiger partial charge in [-0.05, 0) is 61.2 Å². The molecule has 1 N–H and O–H groups in total. The van der Waals surface area contributed by atoms with Crippen molar-refractivity contribution >= 4 is 45.1 Å². The van der Waals surface area contributed by atoms with Crippen LogP contribution in [0.15, 0.2) is 40.9 Å². The van der Waals surface area contributed by atoms with E-state index in [0.717, 1.165) is 27.7 Å². The Morgan fingerprint density at radius 1 is 1.17 bits per heavy atom. The molecule has 7 heteroatoms. The highest BCUT2D eigenvalue weighted by atomic mass is 79.9. The minimum atomic E-state index is -0.576. The Kier molecular flexibility index (Phi) is 6.92. The van der Waals surface area contributed by atoms with Crippen LogP contribution >= 0.6 is 15.9 Å². The zero-order chi connectivity index (χ0) is 21.8. The van der Waals surface area contributed by atoms with Gasteiger partial charge in [-0.3, -0.25) is 14.4 Å². The summed E-state index contributed by atoms with van der Waals surface area (Å²) in [5.74, 6) is -1.64. The Hall–Kier alpha value is -2.67. The molecule has 0 unspecified atom stereocenters. The van der Waals surface area contributed by atoms with E-state index in [0.29, 0.717) is 5.69 Å². The van der Waals surface area contributed by atoms with Gasteiger partial charge in [0, 0.05) is 28.8 Å². The molecule has 2 aromatic carbocycles. The van der Waals surface area contributed by atoms with E-state index in [4.69, 9.17) is 4.74 Å². The third-order valence-corrected chi connectivity index (χ3v) is 6.09. The van der Waals surface area contributed by atoms with Gasteiger partial charge in [-0.15, -0.1) is 0 Å². The monoisotopic (exact) mass is 472 g/mol. The maximum Gasteiger partial charge on any atom is 0.311 e. The highest BCUT2D eigenvalue weighted by Crippen LogP contribution is 2.27. The molecule has 1 atom stereocenters. The van der Waals surface area contributed by atoms with E-state index in [1.165, 1.54) is 5.56 Å². The van der Waals surface area contributed by atoms with Crippen LogP contribution in [-0.4, -0.2) is 30.9 Å². The first kappa shape index (κ1) is 22.0. The molecule has 0 aliphatic carbocycles. The molecule has 1 aliphatic heterocycles. The number of hydrogen-bond donors (Lipinski definition) is 1. The second-order valence-corrected chi connectivity index (χ2v) is 8.35. The number of nitrogens with one attached hydrogen (secondary N) is 1. The van der Waals surface area contributed by atoms with Crippen LogP contribution in [0, 0.1) is 19.8 Å². The van der Waals surface area contributed by atoms with Crippen LogP contribution in [0.25, 0.3) is 0 Å². The zero-order valence-electron chi connectivity index (χ0n) is 17.3. The first-order valence-corrected chi connectivity index (χ1v) is 10.7. The summed E-state index contributed by atoms with van der Waals surface area (Å²) < 4.78 is 6.15. The lowest BCUT2D eigenvalue weighted by Gasteiger charge is -2.17. The van der Waals surface area contributed by atoms with Gasteiger partial charge >= 0.3 is 5.97 Å². The lowest BCUT2D eigenvalue weighted by molar-refractivity contribution is -0.151. The van der Waals surface area contributed by atoms with Gasteiger partial charge in [-0.1, -0.05) is 35.0 Å². The number of ether oxygens (including phenoxy) is 1. The van der Waals surface area contributed by atoms with Gasteiger partial charge in [0.25, 0.3) is 5.91 Å². The predicted octanol–water partition coefficient (Wildman–Crippen LogP) is 4.16. The third-order valence-electron chi connectivity index (χ3n) is 5.24. The van der Waals surface area contributed by atoms with E-state index >= 15 is 0 Å². The molecular weight excluding hydrogens is 448 g/mol. The Morgan fingerprint density at radius 3 is 2.53 bits per heavy atom. The SMILES string of the molecule is CCc1ccc(N2C[C@@H](C(=O)OCC(=O)Nc3cc(C)c(Br)cc3C)CC2=O)cc1. The number of halogens is 1. The molecule has 0 bridgehead atoms. The van der Waals surface area contributed by atoms with Gasteiger partial charge < -0.3 is 15.0 Å². The van der Waals surface area contributed by atoms with Crippen LogP contribution in [-0.2, 0) is 25.5 Å². The first-order valence-electron chi connectivity index (χ1n) is 9.91. The number of anilines is 2. The quantitative estimate of drug-likeness (QED) is 0.640. The molecule has 30 heavy (non-hydrogen) atoms. The Morgan fingerprint density at radius 2 is 1.87 bits per heavy atom. The normalized spacial score (nSPS) is 15.9. The van der Waals surface area contributed by atoms with Crippen molar-refractivity contribution < 1.29 is 19.1 Å². The highest BCUT2D eigenvalue weighted by Gasteiger charge is 2.36. The number of hydrogen-bond acceptors (Lipinski definition) is 4. The maximum absolute atomic E-state index is 12.4. The molecule has 3 rings (SSSR count). The maximum atomic E-state index is 12.4. The van der Waals surface area contributed by atoms with Crippen LogP contribution in [0.3, 0.4) is 0 Å². The fourth-order valence-corrected chi connectivity index (χ4v) is 3.84. The molecule has 0 saturated carbocycles. The number of nitrogens with zero attached hydrogens (tertiary/aromatic N) is 1. The minimum absolute atomic E-state index is 0.0843. The fraction of sp³-hybridized carbons (Fsp3) is 0.348. The van der Waals surface area contributed by atoms with Gasteiger partial charge in [0.2, 0.25) is 5.91 Å². The fourth-order valence-electron chi connectivity index (χ4n) is 3.38. The molecule has 0 radical (unpaired) electrons. The van der Waals surface area contributed by atoms with Crippen LogP contribution in [0.1, 0.15) is 30.0 Å². The number of carbonyl (C=O) groups is 3. The molecule has 1 fully saturated rings. The summed E-state index contributed by atoms with van der Waals surface area (Å²) in [5, 5.41) is 2.76. The van der Waals surface area contributed by atoms with Gasteiger partial charge in [0.05, 0.1) is 5.92 Å². The second kappa shape index (κ2) is 9.43. The van der Waals surface area contributed by atoms with E-state index in [1.807, 2.05) is 50.2 Å². The van der Waals surface area contributed by atoms with Crippen LogP contribution in [0.2, 0.25) is 0 Å². The molecule has 2 aromatic rings. The standard InChI is InChI=1S/C23H25BrN2O4/c1-4-16-5-7-18(8-6-16)26-12-17(11-22(26)28)23(29)30-13-21(27)25-20-10-14(2)19(24)9-15(20)3/h5-10,17H,4,11-13H2,1-3H3,(H,25,27)/t17-/m0/s1. The summed E-state index contributed by atoms with van der Waals surface area (Å²) in [4.78, 5) is 38.6. The molecular formula is C23H25BrN2O4. The smallest absolute Gasteiger partial charge is 0.311 e. The van der Waals surface area contributed by atoms with Gasteiger partial charge in [0.15, 0.2) is 6.61 Å². The van der Waals surface area contributed by atoms with E-state index < -0.39 is 17.8 Å². The van der Waals surface area contributed by atoms with Crippen molar-refractivity contribution in [3.63, 3.8) is 0 Å². The number of carbonyl (C=O) groups excluding carboxylic acids is 3. The van der Waals surface area contributed by atoms with Crippen molar-refractivity contribution in [1.82, 2.24) is 0 Å². The van der Waals surface area contributed by atoms with Crippen molar-refractivity contribution in [3.05, 3.63) is 57.6 Å². The van der Waals surface area contributed by atoms with Gasteiger partial charge in [-0.2, -0.15) is 0 Å². The number of esters is 1. The van der Waals surface area contributed by atoms with Gasteiger partial charge in [-0.25, -0.2) is 0 Å². The lowest BCUT2D eigenvalue weighted by Crippen LogP contribution is -2.28. The molecule has 1 saturated heterocycles. The third kappa shape index (κ3) is 5.08. The number of aryl methyl sites for hydroxylation is 3. The highest BCUT2D eigenvalue weighted by molar-refractivity contribution is 9.10. The van der Waals surface area contributed by atoms with Crippen LogP contribution in [0.5, 0.6) is 0 Å². The minimum Gasteiger partial charge on any atom is -0.455 e. The topological polar surface area (TPSA) is 75.7 Å². The van der Waals surface area contributed by atoms with Crippen molar-refractivity contribution in [2.75, 3.05) is 23.4 Å². The molecule has 0 spiro atoms. The van der Waals surface area contributed by atoms with E-state index in [2.05, 4.69) is 28.2 Å². The van der Waals surface area contributed by atoms with Crippen molar-refractivity contribution in [2.24, 2.45) is 5.92 Å². The average Bonchev–Trinajstić information content (AvgIpc) is 3.12. The average molecular weight is 473 g/mol. The number of benzene rings is 2. The molecule has 6 nitrogen and oxygen atoms in total. The van der Waals surface area contributed by atoms with Crippen LogP contribution < -0.4 is 10.2 Å². The lowest BCUT2D eigenvalue weighted by atomic mass is 10.1. The summed E-state index contributed by atoms with van der Waals surface area (Å²) in [6.07, 6.45) is 1.01. The first-order chi connectivity index (χ1) is 14.3. The predicted molar refractivity (Wildman–Crippen MR) is 119 cm³/mol. The van der Waals surface area contributed by atoms with Crippen LogP contribution in [0.4, 0.5) is 11.4 Å². The summed E-state index contributed by atoms with van der Waals surface area (Å²) in [5.41, 5.74) is 4.52. The zero-order valence-corrected chi connectivity index (χ0v) is 18.9. The summed E-state index contributed by atoms with van der Waals surface area (Å²) in [6.45, 7) is 5.76. The van der Waals surface area contributed by atoms with E-state index in [-0.39, 0.29) is 25.5 Å². The van der Waals surface area contributed by atoms with Gasteiger partial charge in [0.1, 0.15) is 0 Å². The van der Waals surface area contributed by atoms with Crippen molar-refractivity contribution in [3.8, 4) is 0 Å². The number of rotatable bonds is 6. The summed E-state index contributed by atoms with van der Waals surface area (Å²) >= 11 is 3.45. The Balaban J connectivity index is 1.54. The number of amides is 2. The Bertz CT molecular complexity index is 972. The van der Waals surface area contributed by atoms with E-state index in [1.54, 1.807) is 4.90 Å². The van der Waals surface area contributed by atoms with Crippen molar-refractivity contribution in [2.45, 2.75) is 33.6 Å².